The lowest BCUT2D eigenvalue weighted by Gasteiger charge is -2.27. The zero-order chi connectivity index (χ0) is 19.9. The van der Waals surface area contributed by atoms with E-state index in [2.05, 4.69) is 26.6 Å². The molecule has 0 radical (unpaired) electrons. The third-order valence-electron chi connectivity index (χ3n) is 4.29. The van der Waals surface area contributed by atoms with E-state index in [0.29, 0.717) is 24.1 Å². The molecule has 8 nitrogen and oxygen atoms in total. The fourth-order valence-corrected chi connectivity index (χ4v) is 3.02. The largest absolute Gasteiger partial charge is 0.383 e. The number of amides is 1. The van der Waals surface area contributed by atoms with E-state index in [1.54, 1.807) is 26.4 Å². The second-order valence-electron chi connectivity index (χ2n) is 6.49. The molecule has 27 heavy (non-hydrogen) atoms. The second kappa shape index (κ2) is 9.48. The molecule has 2 rings (SSSR count). The van der Waals surface area contributed by atoms with Gasteiger partial charge in [-0.15, -0.1) is 10.2 Å². The Kier molecular flexibility index (Phi) is 7.33. The number of nitrogens with zero attached hydrogens (tertiary/aromatic N) is 5. The van der Waals surface area contributed by atoms with Gasteiger partial charge < -0.3 is 10.1 Å². The lowest BCUT2D eigenvalue weighted by Crippen LogP contribution is -2.49. The second-order valence-corrected chi connectivity index (χ2v) is 7.43. The Morgan fingerprint density at radius 2 is 2.11 bits per heavy atom. The van der Waals surface area contributed by atoms with Gasteiger partial charge in [0.15, 0.2) is 11.0 Å². The molecule has 0 saturated carbocycles. The summed E-state index contributed by atoms with van der Waals surface area (Å²) < 4.78 is 7.10. The zero-order valence-corrected chi connectivity index (χ0v) is 16.8. The van der Waals surface area contributed by atoms with Crippen LogP contribution in [-0.2, 0) is 16.1 Å². The molecule has 0 aliphatic heterocycles. The van der Waals surface area contributed by atoms with Crippen LogP contribution in [0.3, 0.4) is 0 Å². The molecule has 0 aromatic carbocycles. The van der Waals surface area contributed by atoms with Crippen molar-refractivity contribution in [3.8, 4) is 17.5 Å². The third kappa shape index (κ3) is 5.28. The highest BCUT2D eigenvalue weighted by atomic mass is 32.2. The first-order valence-corrected chi connectivity index (χ1v) is 9.57. The van der Waals surface area contributed by atoms with Crippen LogP contribution in [0.5, 0.6) is 0 Å². The van der Waals surface area contributed by atoms with Gasteiger partial charge >= 0.3 is 0 Å². The van der Waals surface area contributed by atoms with Crippen LogP contribution in [-0.4, -0.2) is 50.7 Å². The summed E-state index contributed by atoms with van der Waals surface area (Å²) in [6, 6.07) is 5.89. The highest BCUT2D eigenvalue weighted by Gasteiger charge is 2.30. The molecule has 0 spiro atoms. The van der Waals surface area contributed by atoms with Gasteiger partial charge in [-0.3, -0.25) is 14.3 Å². The van der Waals surface area contributed by atoms with Crippen molar-refractivity contribution in [1.82, 2.24) is 25.1 Å². The van der Waals surface area contributed by atoms with Crippen molar-refractivity contribution in [3.05, 3.63) is 24.5 Å². The molecule has 0 bridgehead atoms. The Morgan fingerprint density at radius 1 is 1.41 bits per heavy atom. The van der Waals surface area contributed by atoms with E-state index in [-0.39, 0.29) is 17.6 Å². The van der Waals surface area contributed by atoms with Crippen molar-refractivity contribution >= 4 is 17.7 Å². The quantitative estimate of drug-likeness (QED) is 0.656. The summed E-state index contributed by atoms with van der Waals surface area (Å²) in [5.41, 5.74) is -0.00871. The molecule has 0 aliphatic carbocycles. The van der Waals surface area contributed by atoms with Gasteiger partial charge in [-0.05, 0) is 25.0 Å². The maximum absolute atomic E-state index is 12.3. The summed E-state index contributed by atoms with van der Waals surface area (Å²) in [5, 5.41) is 21.3. The number of nitriles is 1. The number of hydrogen-bond acceptors (Lipinski definition) is 7. The molecule has 9 heteroatoms. The summed E-state index contributed by atoms with van der Waals surface area (Å²) in [5.74, 6) is 0.622. The first-order chi connectivity index (χ1) is 12.9. The van der Waals surface area contributed by atoms with Crippen molar-refractivity contribution in [2.24, 2.45) is 5.92 Å². The molecular formula is C18H24N6O2S. The van der Waals surface area contributed by atoms with Crippen LogP contribution in [0.1, 0.15) is 20.8 Å². The van der Waals surface area contributed by atoms with E-state index in [1.807, 2.05) is 30.5 Å². The lowest BCUT2D eigenvalue weighted by atomic mass is 9.90. The molecule has 144 valence electrons. The summed E-state index contributed by atoms with van der Waals surface area (Å²) in [6.07, 6.45) is 3.39. The normalized spacial score (nSPS) is 13.2. The molecule has 0 fully saturated rings. The van der Waals surface area contributed by atoms with E-state index >= 15 is 0 Å². The summed E-state index contributed by atoms with van der Waals surface area (Å²) >= 11 is 1.28. The minimum atomic E-state index is -0.899. The third-order valence-corrected chi connectivity index (χ3v) is 5.26. The van der Waals surface area contributed by atoms with Gasteiger partial charge in [0.25, 0.3) is 0 Å². The Labute approximate surface area is 163 Å². The van der Waals surface area contributed by atoms with Crippen LogP contribution < -0.4 is 5.32 Å². The van der Waals surface area contributed by atoms with Crippen LogP contribution in [0, 0.1) is 17.2 Å². The first kappa shape index (κ1) is 20.9. The van der Waals surface area contributed by atoms with Gasteiger partial charge in [-0.25, -0.2) is 0 Å². The molecule has 2 heterocycles. The van der Waals surface area contributed by atoms with Crippen LogP contribution in [0.15, 0.2) is 29.7 Å². The SMILES string of the molecule is COCCn1c(SCC(=O)N[C@](C)(C#N)C(C)C)nnc1-c1ccncc1. The number of aromatic nitrogens is 4. The van der Waals surface area contributed by atoms with Crippen molar-refractivity contribution in [2.75, 3.05) is 19.5 Å². The molecule has 1 atom stereocenters. The van der Waals surface area contributed by atoms with E-state index in [1.165, 1.54) is 11.8 Å². The number of hydrogen-bond donors (Lipinski definition) is 1. The molecular weight excluding hydrogens is 364 g/mol. The Hall–Kier alpha value is -2.44. The van der Waals surface area contributed by atoms with Gasteiger partial charge in [0.2, 0.25) is 5.91 Å². The number of carbonyl (C=O) groups is 1. The van der Waals surface area contributed by atoms with Crippen LogP contribution in [0.4, 0.5) is 0 Å². The molecule has 1 N–H and O–H groups in total. The van der Waals surface area contributed by atoms with E-state index in [4.69, 9.17) is 4.74 Å². The van der Waals surface area contributed by atoms with Gasteiger partial charge in [-0.2, -0.15) is 5.26 Å². The van der Waals surface area contributed by atoms with Gasteiger partial charge in [0.05, 0.1) is 25.0 Å². The van der Waals surface area contributed by atoms with E-state index < -0.39 is 5.54 Å². The number of ether oxygens (including phenoxy) is 1. The summed E-state index contributed by atoms with van der Waals surface area (Å²) in [7, 11) is 1.63. The molecule has 0 unspecified atom stereocenters. The van der Waals surface area contributed by atoms with Gasteiger partial charge in [-0.1, -0.05) is 25.6 Å². The average molecular weight is 388 g/mol. The van der Waals surface area contributed by atoms with Crippen LogP contribution in [0.2, 0.25) is 0 Å². The predicted octanol–water partition coefficient (Wildman–Crippen LogP) is 2.13. The van der Waals surface area contributed by atoms with Crippen LogP contribution in [0.25, 0.3) is 11.4 Å². The smallest absolute Gasteiger partial charge is 0.231 e. The molecule has 0 saturated heterocycles. The van der Waals surface area contributed by atoms with E-state index in [9.17, 15) is 10.1 Å². The highest BCUT2D eigenvalue weighted by molar-refractivity contribution is 7.99. The van der Waals surface area contributed by atoms with E-state index in [0.717, 1.165) is 5.56 Å². The lowest BCUT2D eigenvalue weighted by molar-refractivity contribution is -0.120. The Bertz CT molecular complexity index is 802. The fraction of sp³-hybridized carbons (Fsp3) is 0.500. The maximum Gasteiger partial charge on any atom is 0.231 e. The molecule has 2 aromatic rings. The average Bonchev–Trinajstić information content (AvgIpc) is 3.07. The van der Waals surface area contributed by atoms with Crippen LogP contribution >= 0.6 is 11.8 Å². The van der Waals surface area contributed by atoms with Crippen molar-refractivity contribution < 1.29 is 9.53 Å². The zero-order valence-electron chi connectivity index (χ0n) is 16.0. The minimum Gasteiger partial charge on any atom is -0.383 e. The molecule has 1 amide bonds. The Balaban J connectivity index is 2.13. The monoisotopic (exact) mass is 388 g/mol. The fourth-order valence-electron chi connectivity index (χ4n) is 2.25. The number of thioether (sulfide) groups is 1. The standard InChI is InChI=1S/C18H24N6O2S/c1-13(2)18(3,12-19)21-15(25)11-27-17-23-22-16(24(17)9-10-26-4)14-5-7-20-8-6-14/h5-8,13H,9-11H2,1-4H3,(H,21,25)/t18-/m1/s1. The number of rotatable bonds is 9. The summed E-state index contributed by atoms with van der Waals surface area (Å²) in [6.45, 7) is 6.59. The molecule has 0 aliphatic rings. The van der Waals surface area contributed by atoms with Crippen molar-refractivity contribution in [3.63, 3.8) is 0 Å². The Morgan fingerprint density at radius 3 is 2.70 bits per heavy atom. The topological polar surface area (TPSA) is 106 Å². The number of carbonyl (C=O) groups excluding carboxylic acids is 1. The summed E-state index contributed by atoms with van der Waals surface area (Å²) in [4.78, 5) is 16.3. The van der Waals surface area contributed by atoms with Crippen molar-refractivity contribution in [2.45, 2.75) is 38.0 Å². The number of pyridine rings is 1. The first-order valence-electron chi connectivity index (χ1n) is 8.59. The van der Waals surface area contributed by atoms with Gasteiger partial charge in [0, 0.05) is 25.1 Å². The minimum absolute atomic E-state index is 0.0000913. The maximum atomic E-state index is 12.3. The predicted molar refractivity (Wildman–Crippen MR) is 103 cm³/mol. The van der Waals surface area contributed by atoms with Crippen molar-refractivity contribution in [1.29, 1.82) is 5.26 Å². The number of nitrogens with one attached hydrogen (secondary N) is 1. The van der Waals surface area contributed by atoms with Gasteiger partial charge in [0.1, 0.15) is 5.54 Å². The highest BCUT2D eigenvalue weighted by Crippen LogP contribution is 2.24. The molecule has 2 aromatic heterocycles. The number of methoxy groups -OCH3 is 1.